The molecule has 2 fully saturated rings. The van der Waals surface area contributed by atoms with Gasteiger partial charge in [-0.25, -0.2) is 0 Å². The van der Waals surface area contributed by atoms with Gasteiger partial charge in [0, 0.05) is 38.8 Å². The van der Waals surface area contributed by atoms with Crippen LogP contribution in [0.2, 0.25) is 0 Å². The van der Waals surface area contributed by atoms with Crippen LogP contribution >= 0.6 is 0 Å². The number of ether oxygens (including phenoxy) is 1. The van der Waals surface area contributed by atoms with Crippen molar-refractivity contribution in [1.29, 1.82) is 0 Å². The van der Waals surface area contributed by atoms with Crippen molar-refractivity contribution in [2.75, 3.05) is 39.9 Å². The average molecular weight is 241 g/mol. The van der Waals surface area contributed by atoms with E-state index in [4.69, 9.17) is 4.74 Å². The number of nitrogens with one attached hydrogen (secondary N) is 2. The quantitative estimate of drug-likeness (QED) is 0.594. The van der Waals surface area contributed by atoms with Crippen LogP contribution in [0.5, 0.6) is 0 Å². The third kappa shape index (κ3) is 4.26. The zero-order valence-corrected chi connectivity index (χ0v) is 10.6. The van der Waals surface area contributed by atoms with Gasteiger partial charge in [0.15, 0.2) is 0 Å². The maximum absolute atomic E-state index is 11.5. The van der Waals surface area contributed by atoms with Crippen LogP contribution in [0.4, 0.5) is 0 Å². The molecule has 0 bridgehead atoms. The molecular formula is C12H23N3O2. The van der Waals surface area contributed by atoms with Crippen molar-refractivity contribution in [1.82, 2.24) is 15.5 Å². The van der Waals surface area contributed by atoms with E-state index in [1.165, 1.54) is 25.8 Å². The number of amides is 1. The van der Waals surface area contributed by atoms with Crippen LogP contribution in [-0.4, -0.2) is 62.8 Å². The lowest BCUT2D eigenvalue weighted by atomic mass is 10.2. The van der Waals surface area contributed by atoms with Crippen LogP contribution in [0.15, 0.2) is 0 Å². The van der Waals surface area contributed by atoms with Gasteiger partial charge in [0.1, 0.15) is 0 Å². The van der Waals surface area contributed by atoms with Gasteiger partial charge in [-0.3, -0.25) is 9.69 Å². The summed E-state index contributed by atoms with van der Waals surface area (Å²) in [5.41, 5.74) is 0. The second-order valence-corrected chi connectivity index (χ2v) is 4.94. The largest absolute Gasteiger partial charge is 0.383 e. The molecule has 2 aliphatic rings. The van der Waals surface area contributed by atoms with Crippen LogP contribution < -0.4 is 10.6 Å². The fraction of sp³-hybridized carbons (Fsp3) is 0.917. The molecule has 1 heterocycles. The highest BCUT2D eigenvalue weighted by atomic mass is 16.5. The first-order valence-electron chi connectivity index (χ1n) is 6.52. The second kappa shape index (κ2) is 6.33. The fourth-order valence-electron chi connectivity index (χ4n) is 2.32. The molecule has 0 radical (unpaired) electrons. The molecule has 1 saturated carbocycles. The summed E-state index contributed by atoms with van der Waals surface area (Å²) >= 11 is 0. The van der Waals surface area contributed by atoms with E-state index in [-0.39, 0.29) is 5.91 Å². The maximum atomic E-state index is 11.5. The maximum Gasteiger partial charge on any atom is 0.234 e. The fourth-order valence-corrected chi connectivity index (χ4v) is 2.32. The molecule has 0 aromatic rings. The summed E-state index contributed by atoms with van der Waals surface area (Å²) in [4.78, 5) is 14.0. The van der Waals surface area contributed by atoms with E-state index in [1.54, 1.807) is 7.11 Å². The lowest BCUT2D eigenvalue weighted by Gasteiger charge is -2.15. The SMILES string of the molecule is COCCNC(=O)CNC1CCN(C2CC2)C1. The molecular weight excluding hydrogens is 218 g/mol. The zero-order chi connectivity index (χ0) is 12.1. The summed E-state index contributed by atoms with van der Waals surface area (Å²) in [6, 6.07) is 1.33. The van der Waals surface area contributed by atoms with Crippen molar-refractivity contribution in [3.63, 3.8) is 0 Å². The highest BCUT2D eigenvalue weighted by Crippen LogP contribution is 2.29. The minimum atomic E-state index is 0.0620. The van der Waals surface area contributed by atoms with Crippen LogP contribution in [0.1, 0.15) is 19.3 Å². The molecule has 1 amide bonds. The van der Waals surface area contributed by atoms with Gasteiger partial charge in [0.2, 0.25) is 5.91 Å². The summed E-state index contributed by atoms with van der Waals surface area (Å²) in [6.45, 7) is 3.89. The molecule has 17 heavy (non-hydrogen) atoms. The molecule has 98 valence electrons. The number of carbonyl (C=O) groups is 1. The Labute approximate surface area is 103 Å². The Morgan fingerprint density at radius 1 is 1.41 bits per heavy atom. The van der Waals surface area contributed by atoms with E-state index in [0.29, 0.717) is 25.7 Å². The molecule has 0 aromatic carbocycles. The summed E-state index contributed by atoms with van der Waals surface area (Å²) in [6.07, 6.45) is 3.90. The molecule has 1 unspecified atom stereocenters. The molecule has 5 heteroatoms. The van der Waals surface area contributed by atoms with Gasteiger partial charge >= 0.3 is 0 Å². The van der Waals surface area contributed by atoms with Gasteiger partial charge < -0.3 is 15.4 Å². The number of hydrogen-bond donors (Lipinski definition) is 2. The van der Waals surface area contributed by atoms with Crippen LogP contribution in [0.25, 0.3) is 0 Å². The first-order chi connectivity index (χ1) is 8.29. The topological polar surface area (TPSA) is 53.6 Å². The highest BCUT2D eigenvalue weighted by molar-refractivity contribution is 5.77. The number of carbonyl (C=O) groups excluding carboxylic acids is 1. The highest BCUT2D eigenvalue weighted by Gasteiger charge is 2.34. The molecule has 0 aromatic heterocycles. The Morgan fingerprint density at radius 2 is 2.24 bits per heavy atom. The van der Waals surface area contributed by atoms with Gasteiger partial charge in [-0.1, -0.05) is 0 Å². The van der Waals surface area contributed by atoms with Gasteiger partial charge in [0.05, 0.1) is 13.2 Å². The third-order valence-corrected chi connectivity index (χ3v) is 3.46. The van der Waals surface area contributed by atoms with E-state index < -0.39 is 0 Å². The Hall–Kier alpha value is -0.650. The Morgan fingerprint density at radius 3 is 2.94 bits per heavy atom. The summed E-state index contributed by atoms with van der Waals surface area (Å²) in [7, 11) is 1.63. The number of rotatable bonds is 7. The lowest BCUT2D eigenvalue weighted by molar-refractivity contribution is -0.120. The van der Waals surface area contributed by atoms with Gasteiger partial charge in [-0.05, 0) is 19.3 Å². The smallest absolute Gasteiger partial charge is 0.234 e. The number of nitrogens with zero attached hydrogens (tertiary/aromatic N) is 1. The van der Waals surface area contributed by atoms with Gasteiger partial charge in [-0.2, -0.15) is 0 Å². The normalized spacial score (nSPS) is 25.1. The van der Waals surface area contributed by atoms with Crippen molar-refractivity contribution in [3.05, 3.63) is 0 Å². The molecule has 1 atom stereocenters. The van der Waals surface area contributed by atoms with E-state index in [1.807, 2.05) is 0 Å². The molecule has 2 N–H and O–H groups in total. The molecule has 1 saturated heterocycles. The van der Waals surface area contributed by atoms with E-state index in [0.717, 1.165) is 12.6 Å². The molecule has 2 rings (SSSR count). The molecule has 1 aliphatic carbocycles. The second-order valence-electron chi connectivity index (χ2n) is 4.94. The summed E-state index contributed by atoms with van der Waals surface area (Å²) < 4.78 is 4.88. The molecule has 0 spiro atoms. The average Bonchev–Trinajstić information content (AvgIpc) is 3.07. The minimum Gasteiger partial charge on any atom is -0.383 e. The lowest BCUT2D eigenvalue weighted by Crippen LogP contribution is -2.41. The Kier molecular flexibility index (Phi) is 4.76. The van der Waals surface area contributed by atoms with Crippen molar-refractivity contribution < 1.29 is 9.53 Å². The number of methoxy groups -OCH3 is 1. The van der Waals surface area contributed by atoms with Crippen molar-refractivity contribution >= 4 is 5.91 Å². The van der Waals surface area contributed by atoms with Crippen LogP contribution in [0, 0.1) is 0 Å². The van der Waals surface area contributed by atoms with Gasteiger partial charge in [-0.15, -0.1) is 0 Å². The first kappa shape index (κ1) is 12.8. The van der Waals surface area contributed by atoms with Crippen molar-refractivity contribution in [3.8, 4) is 0 Å². The van der Waals surface area contributed by atoms with Crippen LogP contribution in [-0.2, 0) is 9.53 Å². The minimum absolute atomic E-state index is 0.0620. The van der Waals surface area contributed by atoms with E-state index >= 15 is 0 Å². The predicted octanol–water partition coefficient (Wildman–Crippen LogP) is -0.425. The van der Waals surface area contributed by atoms with E-state index in [9.17, 15) is 4.79 Å². The molecule has 5 nitrogen and oxygen atoms in total. The number of hydrogen-bond acceptors (Lipinski definition) is 4. The van der Waals surface area contributed by atoms with Crippen molar-refractivity contribution in [2.24, 2.45) is 0 Å². The predicted molar refractivity (Wildman–Crippen MR) is 65.9 cm³/mol. The zero-order valence-electron chi connectivity index (χ0n) is 10.6. The summed E-state index contributed by atoms with van der Waals surface area (Å²) in [5, 5.41) is 6.14. The van der Waals surface area contributed by atoms with Gasteiger partial charge in [0.25, 0.3) is 0 Å². The van der Waals surface area contributed by atoms with Crippen LogP contribution in [0.3, 0.4) is 0 Å². The monoisotopic (exact) mass is 241 g/mol. The summed E-state index contributed by atoms with van der Waals surface area (Å²) in [5.74, 6) is 0.0620. The standard InChI is InChI=1S/C12H23N3O2/c1-17-7-5-13-12(16)8-14-10-4-6-15(9-10)11-2-3-11/h10-11,14H,2-9H2,1H3,(H,13,16). The van der Waals surface area contributed by atoms with E-state index in [2.05, 4.69) is 15.5 Å². The number of likely N-dealkylation sites (tertiary alicyclic amines) is 1. The Bertz CT molecular complexity index is 256. The van der Waals surface area contributed by atoms with Crippen molar-refractivity contribution in [2.45, 2.75) is 31.3 Å². The first-order valence-corrected chi connectivity index (χ1v) is 6.52. The molecule has 1 aliphatic heterocycles. The Balaban J connectivity index is 1.54. The third-order valence-electron chi connectivity index (χ3n) is 3.46.